The van der Waals surface area contributed by atoms with E-state index in [1.54, 1.807) is 11.0 Å². The fourth-order valence-corrected chi connectivity index (χ4v) is 4.40. The van der Waals surface area contributed by atoms with Crippen molar-refractivity contribution in [3.05, 3.63) is 58.5 Å². The number of rotatable bonds is 3. The summed E-state index contributed by atoms with van der Waals surface area (Å²) in [5, 5.41) is 2.85. The van der Waals surface area contributed by atoms with Gasteiger partial charge in [-0.05, 0) is 56.0 Å². The lowest BCUT2D eigenvalue weighted by Gasteiger charge is -2.36. The van der Waals surface area contributed by atoms with Crippen LogP contribution in [-0.2, 0) is 4.79 Å². The van der Waals surface area contributed by atoms with E-state index in [1.807, 2.05) is 27.0 Å². The molecular weight excluding hydrogens is 383 g/mol. The molecule has 30 heavy (non-hydrogen) atoms. The third kappa shape index (κ3) is 3.88. The first-order valence-corrected chi connectivity index (χ1v) is 10.4. The van der Waals surface area contributed by atoms with Gasteiger partial charge in [0.15, 0.2) is 0 Å². The molecule has 0 bridgehead atoms. The quantitative estimate of drug-likeness (QED) is 0.845. The summed E-state index contributed by atoms with van der Waals surface area (Å²) in [6.45, 7) is 8.31. The summed E-state index contributed by atoms with van der Waals surface area (Å²) in [7, 11) is 0. The van der Waals surface area contributed by atoms with Crippen molar-refractivity contribution >= 4 is 17.6 Å². The van der Waals surface area contributed by atoms with Gasteiger partial charge in [0.2, 0.25) is 5.91 Å². The average molecular weight is 410 g/mol. The van der Waals surface area contributed by atoms with Gasteiger partial charge < -0.3 is 15.1 Å². The van der Waals surface area contributed by atoms with Gasteiger partial charge in [-0.2, -0.15) is 0 Å². The first-order valence-electron chi connectivity index (χ1n) is 10.4. The van der Waals surface area contributed by atoms with E-state index in [9.17, 15) is 14.0 Å². The summed E-state index contributed by atoms with van der Waals surface area (Å²) < 4.78 is 14.8. The number of benzene rings is 1. The van der Waals surface area contributed by atoms with Gasteiger partial charge in [-0.1, -0.05) is 12.1 Å². The molecule has 0 spiro atoms. The number of nitrogens with one attached hydrogen (secondary N) is 1. The van der Waals surface area contributed by atoms with E-state index in [4.69, 9.17) is 0 Å². The van der Waals surface area contributed by atoms with Crippen molar-refractivity contribution in [2.24, 2.45) is 0 Å². The summed E-state index contributed by atoms with van der Waals surface area (Å²) >= 11 is 0. The summed E-state index contributed by atoms with van der Waals surface area (Å²) in [6.07, 6.45) is 2.49. The maximum atomic E-state index is 14.8. The Kier molecular flexibility index (Phi) is 5.45. The highest BCUT2D eigenvalue weighted by molar-refractivity contribution is 5.95. The maximum Gasteiger partial charge on any atom is 0.256 e. The molecule has 1 N–H and O–H groups in total. The van der Waals surface area contributed by atoms with Crippen LogP contribution in [-0.4, -0.2) is 53.9 Å². The van der Waals surface area contributed by atoms with Crippen LogP contribution < -0.4 is 10.2 Å². The number of piperazine rings is 1. The molecule has 0 saturated carbocycles. The fourth-order valence-electron chi connectivity index (χ4n) is 4.40. The predicted octanol–water partition coefficient (Wildman–Crippen LogP) is 2.79. The Bertz CT molecular complexity index is 985. The van der Waals surface area contributed by atoms with E-state index >= 15 is 0 Å². The van der Waals surface area contributed by atoms with Crippen LogP contribution in [0.15, 0.2) is 30.5 Å². The van der Waals surface area contributed by atoms with Crippen LogP contribution in [0.4, 0.5) is 10.2 Å². The first-order chi connectivity index (χ1) is 14.3. The molecule has 2 atom stereocenters. The molecule has 2 aliphatic rings. The molecule has 2 saturated heterocycles. The Balaban J connectivity index is 1.43. The van der Waals surface area contributed by atoms with Crippen LogP contribution >= 0.6 is 0 Å². The van der Waals surface area contributed by atoms with Crippen molar-refractivity contribution < 1.29 is 14.0 Å². The molecule has 0 aliphatic carbocycles. The molecule has 2 amide bonds. The zero-order chi connectivity index (χ0) is 21.4. The number of aryl methyl sites for hydroxylation is 2. The minimum Gasteiger partial charge on any atom is -0.353 e. The van der Waals surface area contributed by atoms with E-state index in [1.165, 1.54) is 12.1 Å². The molecule has 7 heteroatoms. The van der Waals surface area contributed by atoms with Gasteiger partial charge in [-0.3, -0.25) is 9.59 Å². The number of hydrogen-bond acceptors (Lipinski definition) is 4. The molecular formula is C23H27FN4O2. The molecule has 1 unspecified atom stereocenters. The number of anilines is 1. The van der Waals surface area contributed by atoms with Crippen LogP contribution in [0.3, 0.4) is 0 Å². The Morgan fingerprint density at radius 1 is 1.17 bits per heavy atom. The van der Waals surface area contributed by atoms with E-state index in [0.717, 1.165) is 16.9 Å². The summed E-state index contributed by atoms with van der Waals surface area (Å²) in [5.74, 6) is -0.378. The predicted molar refractivity (Wildman–Crippen MR) is 113 cm³/mol. The SMILES string of the molecule is Cc1cnc(N2CCN(C(=O)c3ccc([C@@H]4CC(C)NC4=O)cc3F)CC2)c(C)c1. The summed E-state index contributed by atoms with van der Waals surface area (Å²) in [4.78, 5) is 33.3. The van der Waals surface area contributed by atoms with Crippen molar-refractivity contribution in [3.8, 4) is 0 Å². The van der Waals surface area contributed by atoms with Gasteiger partial charge >= 0.3 is 0 Å². The van der Waals surface area contributed by atoms with Crippen molar-refractivity contribution in [2.75, 3.05) is 31.1 Å². The lowest BCUT2D eigenvalue weighted by Crippen LogP contribution is -2.49. The minimum atomic E-state index is -0.566. The zero-order valence-corrected chi connectivity index (χ0v) is 17.6. The second-order valence-electron chi connectivity index (χ2n) is 8.37. The number of pyridine rings is 1. The average Bonchev–Trinajstić information content (AvgIpc) is 3.05. The number of aromatic nitrogens is 1. The molecule has 1 aromatic heterocycles. The number of carbonyl (C=O) groups excluding carboxylic acids is 2. The second-order valence-corrected chi connectivity index (χ2v) is 8.37. The summed E-state index contributed by atoms with van der Waals surface area (Å²) in [6, 6.07) is 6.73. The standard InChI is InChI=1S/C23H27FN4O2/c1-14-10-15(2)21(25-13-14)27-6-8-28(9-7-27)23(30)18-5-4-17(12-20(18)24)19-11-16(3)26-22(19)29/h4-5,10,12-13,16,19H,6-9,11H2,1-3H3,(H,26,29)/t16?,19-/m0/s1. The third-order valence-electron chi connectivity index (χ3n) is 5.97. The van der Waals surface area contributed by atoms with Gasteiger partial charge in [0, 0.05) is 38.4 Å². The van der Waals surface area contributed by atoms with Crippen molar-refractivity contribution in [3.63, 3.8) is 0 Å². The van der Waals surface area contributed by atoms with Crippen molar-refractivity contribution in [1.29, 1.82) is 0 Å². The van der Waals surface area contributed by atoms with Crippen molar-refractivity contribution in [1.82, 2.24) is 15.2 Å². The second kappa shape index (κ2) is 8.05. The van der Waals surface area contributed by atoms with Crippen LogP contribution in [0.5, 0.6) is 0 Å². The Hall–Kier alpha value is -2.96. The van der Waals surface area contributed by atoms with E-state index < -0.39 is 5.82 Å². The van der Waals surface area contributed by atoms with Crippen molar-refractivity contribution in [2.45, 2.75) is 39.2 Å². The lowest BCUT2D eigenvalue weighted by molar-refractivity contribution is -0.120. The highest BCUT2D eigenvalue weighted by Gasteiger charge is 2.32. The number of amides is 2. The Morgan fingerprint density at radius 2 is 1.90 bits per heavy atom. The summed E-state index contributed by atoms with van der Waals surface area (Å²) in [5.41, 5.74) is 2.91. The minimum absolute atomic E-state index is 0.0586. The van der Waals surface area contributed by atoms with E-state index in [2.05, 4.69) is 21.3 Å². The van der Waals surface area contributed by atoms with Gasteiger partial charge in [0.05, 0.1) is 11.5 Å². The van der Waals surface area contributed by atoms with Crippen LogP contribution in [0.25, 0.3) is 0 Å². The van der Waals surface area contributed by atoms with Gasteiger partial charge in [-0.15, -0.1) is 0 Å². The highest BCUT2D eigenvalue weighted by Crippen LogP contribution is 2.28. The Labute approximate surface area is 176 Å². The molecule has 2 aliphatic heterocycles. The van der Waals surface area contributed by atoms with Gasteiger partial charge in [0.25, 0.3) is 5.91 Å². The number of carbonyl (C=O) groups is 2. The highest BCUT2D eigenvalue weighted by atomic mass is 19.1. The fraction of sp³-hybridized carbons (Fsp3) is 0.435. The largest absolute Gasteiger partial charge is 0.353 e. The molecule has 158 valence electrons. The topological polar surface area (TPSA) is 65.5 Å². The number of hydrogen-bond donors (Lipinski definition) is 1. The van der Waals surface area contributed by atoms with Gasteiger partial charge in [-0.25, -0.2) is 9.37 Å². The normalized spacial score (nSPS) is 21.7. The monoisotopic (exact) mass is 410 g/mol. The van der Waals surface area contributed by atoms with Crippen LogP contribution in [0.1, 0.15) is 46.3 Å². The first kappa shape index (κ1) is 20.3. The third-order valence-corrected chi connectivity index (χ3v) is 5.97. The Morgan fingerprint density at radius 3 is 2.50 bits per heavy atom. The molecule has 0 radical (unpaired) electrons. The molecule has 2 aromatic rings. The zero-order valence-electron chi connectivity index (χ0n) is 17.6. The molecule has 2 fully saturated rings. The van der Waals surface area contributed by atoms with Gasteiger partial charge in [0.1, 0.15) is 11.6 Å². The lowest BCUT2D eigenvalue weighted by atomic mass is 9.94. The smallest absolute Gasteiger partial charge is 0.256 e. The van der Waals surface area contributed by atoms with E-state index in [-0.39, 0.29) is 29.3 Å². The molecule has 3 heterocycles. The van der Waals surface area contributed by atoms with Crippen LogP contribution in [0.2, 0.25) is 0 Å². The molecule has 6 nitrogen and oxygen atoms in total. The molecule has 1 aromatic carbocycles. The van der Waals surface area contributed by atoms with E-state index in [0.29, 0.717) is 38.2 Å². The molecule has 4 rings (SSSR count). The number of halogens is 1. The number of nitrogens with zero attached hydrogens (tertiary/aromatic N) is 3. The maximum absolute atomic E-state index is 14.8. The van der Waals surface area contributed by atoms with Crippen LogP contribution in [0, 0.1) is 19.7 Å².